The molecule has 3 unspecified atom stereocenters. The summed E-state index contributed by atoms with van der Waals surface area (Å²) in [5, 5.41) is 10.7. The molecule has 17 nitrogen and oxygen atoms in total. The Kier molecular flexibility index (Phi) is 72.8. The van der Waals surface area contributed by atoms with E-state index in [9.17, 15) is 43.2 Å². The molecule has 0 fully saturated rings. The van der Waals surface area contributed by atoms with Crippen molar-refractivity contribution in [1.29, 1.82) is 0 Å². The summed E-state index contributed by atoms with van der Waals surface area (Å²) in [6, 6.07) is 0. The number of phosphoric ester groups is 2. The van der Waals surface area contributed by atoms with E-state index in [4.69, 9.17) is 37.0 Å². The number of phosphoric acid groups is 2. The Morgan fingerprint density at radius 3 is 0.738 bits per heavy atom. The van der Waals surface area contributed by atoms with Crippen LogP contribution in [0.1, 0.15) is 440 Å². The van der Waals surface area contributed by atoms with Gasteiger partial charge in [0.2, 0.25) is 0 Å². The molecule has 0 aliphatic carbocycles. The van der Waals surface area contributed by atoms with Gasteiger partial charge < -0.3 is 33.8 Å². The molecule has 0 rings (SSSR count). The van der Waals surface area contributed by atoms with Crippen LogP contribution in [0, 0.1) is 17.8 Å². The smallest absolute Gasteiger partial charge is 0.462 e. The highest BCUT2D eigenvalue weighted by molar-refractivity contribution is 7.47. The second kappa shape index (κ2) is 74.2. The van der Waals surface area contributed by atoms with Crippen molar-refractivity contribution in [2.75, 3.05) is 39.6 Å². The van der Waals surface area contributed by atoms with Crippen molar-refractivity contribution in [2.45, 2.75) is 458 Å². The summed E-state index contributed by atoms with van der Waals surface area (Å²) in [4.78, 5) is 73.2. The number of rotatable bonds is 82. The number of aliphatic hydroxyl groups is 1. The van der Waals surface area contributed by atoms with Crippen LogP contribution in [-0.4, -0.2) is 96.7 Å². The first-order chi connectivity index (χ1) is 49.8. The van der Waals surface area contributed by atoms with Crippen LogP contribution < -0.4 is 0 Å². The molecule has 0 aromatic heterocycles. The molecule has 0 radical (unpaired) electrons. The molecule has 19 heteroatoms. The number of hydrogen-bond donors (Lipinski definition) is 3. The van der Waals surface area contributed by atoms with E-state index in [2.05, 4.69) is 48.5 Å². The summed E-state index contributed by atoms with van der Waals surface area (Å²) in [5.74, 6) is 0.228. The van der Waals surface area contributed by atoms with Crippen LogP contribution in [0.25, 0.3) is 0 Å². The highest BCUT2D eigenvalue weighted by atomic mass is 31.2. The topological polar surface area (TPSA) is 237 Å². The zero-order valence-corrected chi connectivity index (χ0v) is 69.6. The third-order valence-electron chi connectivity index (χ3n) is 20.0. The molecule has 0 amide bonds. The predicted octanol–water partition coefficient (Wildman–Crippen LogP) is 25.3. The van der Waals surface area contributed by atoms with Crippen LogP contribution >= 0.6 is 15.6 Å². The average Bonchev–Trinajstić information content (AvgIpc) is 0.912. The summed E-state index contributed by atoms with van der Waals surface area (Å²) in [5.41, 5.74) is 0. The van der Waals surface area contributed by atoms with Gasteiger partial charge in [0, 0.05) is 25.7 Å². The van der Waals surface area contributed by atoms with Gasteiger partial charge in [0.1, 0.15) is 19.3 Å². The zero-order valence-electron chi connectivity index (χ0n) is 67.8. The average molecular weight is 1510 g/mol. The molecular formula is C84H164O17P2. The number of unbranched alkanes of at least 4 members (excludes halogenated alkanes) is 49. The van der Waals surface area contributed by atoms with Gasteiger partial charge in [-0.1, -0.05) is 389 Å². The lowest BCUT2D eigenvalue weighted by Crippen LogP contribution is -2.30. The van der Waals surface area contributed by atoms with Gasteiger partial charge in [0.15, 0.2) is 12.2 Å². The number of carbonyl (C=O) groups is 4. The number of ether oxygens (including phenoxy) is 4. The number of aliphatic hydroxyl groups excluding tert-OH is 1. The monoisotopic (exact) mass is 1510 g/mol. The number of hydrogen-bond acceptors (Lipinski definition) is 15. The maximum absolute atomic E-state index is 13.1. The van der Waals surface area contributed by atoms with Crippen LogP contribution in [0.15, 0.2) is 0 Å². The molecule has 0 aliphatic heterocycles. The van der Waals surface area contributed by atoms with E-state index in [1.165, 1.54) is 250 Å². The first kappa shape index (κ1) is 101. The summed E-state index contributed by atoms with van der Waals surface area (Å²) in [7, 11) is -9.93. The lowest BCUT2D eigenvalue weighted by atomic mass is 9.99. The van der Waals surface area contributed by atoms with Crippen molar-refractivity contribution < 1.29 is 80.2 Å². The minimum atomic E-state index is -4.96. The highest BCUT2D eigenvalue weighted by Gasteiger charge is 2.30. The van der Waals surface area contributed by atoms with E-state index >= 15 is 0 Å². The van der Waals surface area contributed by atoms with E-state index < -0.39 is 97.5 Å². The van der Waals surface area contributed by atoms with Crippen molar-refractivity contribution in [1.82, 2.24) is 0 Å². The maximum Gasteiger partial charge on any atom is 0.472 e. The molecule has 0 saturated heterocycles. The third kappa shape index (κ3) is 76.6. The Bertz CT molecular complexity index is 1990. The quantitative estimate of drug-likeness (QED) is 0.0222. The molecular weight excluding hydrogens is 1340 g/mol. The predicted molar refractivity (Wildman–Crippen MR) is 423 cm³/mol. The van der Waals surface area contributed by atoms with Gasteiger partial charge in [-0.2, -0.15) is 0 Å². The Morgan fingerprint density at radius 1 is 0.282 bits per heavy atom. The molecule has 0 saturated carbocycles. The standard InChI is InChI=1S/C84H164O17P2/c1-8-10-11-12-13-14-15-16-17-18-19-20-21-22-23-24-32-37-46-53-60-67-83(88)100-79(71-94-81(86)65-58-51-44-36-31-27-25-29-34-41-48-55-62-75(3)4)73-98-102(90,91)96-69-78(85)70-97-103(92,93)99-74-80(72-95-82(87)66-59-52-45-40-39-43-50-57-64-77(7)9-2)101-84(89)68-61-54-47-38-33-28-26-30-35-42-49-56-63-76(5)6/h75-80,85H,8-74H2,1-7H3,(H,90,91)(H,92,93)/t77?,78-,79-,80-/m1/s1. The minimum Gasteiger partial charge on any atom is -0.462 e. The molecule has 6 atom stereocenters. The van der Waals surface area contributed by atoms with Gasteiger partial charge in [-0.3, -0.25) is 37.3 Å². The van der Waals surface area contributed by atoms with Crippen molar-refractivity contribution in [3.63, 3.8) is 0 Å². The second-order valence-corrected chi connectivity index (χ2v) is 34.3. The molecule has 3 N–H and O–H groups in total. The second-order valence-electron chi connectivity index (χ2n) is 31.4. The van der Waals surface area contributed by atoms with E-state index in [1.54, 1.807) is 0 Å². The Balaban J connectivity index is 5.25. The minimum absolute atomic E-state index is 0.106. The van der Waals surface area contributed by atoms with Crippen LogP contribution in [0.3, 0.4) is 0 Å². The molecule has 103 heavy (non-hydrogen) atoms. The highest BCUT2D eigenvalue weighted by Crippen LogP contribution is 2.45. The maximum atomic E-state index is 13.1. The van der Waals surface area contributed by atoms with E-state index in [-0.39, 0.29) is 25.7 Å². The van der Waals surface area contributed by atoms with Gasteiger partial charge >= 0.3 is 39.5 Å². The Labute approximate surface area is 632 Å². The van der Waals surface area contributed by atoms with Gasteiger partial charge in [-0.05, 0) is 43.4 Å². The molecule has 0 aromatic rings. The van der Waals surface area contributed by atoms with E-state index in [0.717, 1.165) is 108 Å². The normalized spacial score (nSPS) is 14.2. The van der Waals surface area contributed by atoms with Crippen molar-refractivity contribution in [2.24, 2.45) is 17.8 Å². The fourth-order valence-electron chi connectivity index (χ4n) is 13.0. The molecule has 612 valence electrons. The van der Waals surface area contributed by atoms with Crippen molar-refractivity contribution >= 4 is 39.5 Å². The van der Waals surface area contributed by atoms with Crippen LogP contribution in [0.4, 0.5) is 0 Å². The fourth-order valence-corrected chi connectivity index (χ4v) is 14.6. The lowest BCUT2D eigenvalue weighted by molar-refractivity contribution is -0.161. The molecule has 0 bridgehead atoms. The van der Waals surface area contributed by atoms with Gasteiger partial charge in [-0.15, -0.1) is 0 Å². The Hall–Kier alpha value is -1.94. The Morgan fingerprint density at radius 2 is 0.495 bits per heavy atom. The summed E-state index contributed by atoms with van der Waals surface area (Å²) in [6.45, 7) is 12.0. The summed E-state index contributed by atoms with van der Waals surface area (Å²) < 4.78 is 68.8. The van der Waals surface area contributed by atoms with Crippen molar-refractivity contribution in [3.8, 4) is 0 Å². The van der Waals surface area contributed by atoms with Crippen LogP contribution in [0.5, 0.6) is 0 Å². The van der Waals surface area contributed by atoms with Gasteiger partial charge in [0.25, 0.3) is 0 Å². The van der Waals surface area contributed by atoms with Crippen LogP contribution in [-0.2, 0) is 65.4 Å². The summed E-state index contributed by atoms with van der Waals surface area (Å²) >= 11 is 0. The molecule has 0 aromatic carbocycles. The van der Waals surface area contributed by atoms with Crippen LogP contribution in [0.2, 0.25) is 0 Å². The van der Waals surface area contributed by atoms with E-state index in [0.29, 0.717) is 25.7 Å². The largest absolute Gasteiger partial charge is 0.472 e. The first-order valence-corrected chi connectivity index (χ1v) is 46.4. The fraction of sp³-hybridized carbons (Fsp3) is 0.952. The zero-order chi connectivity index (χ0) is 75.8. The first-order valence-electron chi connectivity index (χ1n) is 43.4. The number of esters is 4. The molecule has 0 aliphatic rings. The lowest BCUT2D eigenvalue weighted by Gasteiger charge is -2.21. The third-order valence-corrected chi connectivity index (χ3v) is 21.9. The number of carbonyl (C=O) groups excluding carboxylic acids is 4. The molecule has 0 spiro atoms. The SMILES string of the molecule is CCCCCCCCCCCCCCCCCCCCCCCC(=O)O[C@H](COC(=O)CCCCCCCCCCCCCCC(C)C)COP(=O)(O)OC[C@@H](O)COP(=O)(O)OC[C@@H](COC(=O)CCCCCCCCCCC(C)CC)OC(=O)CCCCCCCCCCCCCCC(C)C. The van der Waals surface area contributed by atoms with Gasteiger partial charge in [-0.25, -0.2) is 9.13 Å². The van der Waals surface area contributed by atoms with Gasteiger partial charge in [0.05, 0.1) is 26.4 Å². The van der Waals surface area contributed by atoms with E-state index in [1.807, 2.05) is 0 Å². The van der Waals surface area contributed by atoms with Crippen molar-refractivity contribution in [3.05, 3.63) is 0 Å². The molecule has 0 heterocycles. The summed E-state index contributed by atoms with van der Waals surface area (Å²) in [6.07, 6.45) is 63.8.